The normalized spacial score (nSPS) is 13.8. The van der Waals surface area contributed by atoms with Gasteiger partial charge in [0.2, 0.25) is 0 Å². The van der Waals surface area contributed by atoms with E-state index in [0.29, 0.717) is 44.5 Å². The molecule has 0 aliphatic carbocycles. The Kier molecular flexibility index (Phi) is 11.1. The summed E-state index contributed by atoms with van der Waals surface area (Å²) in [4.78, 5) is 54.1. The van der Waals surface area contributed by atoms with Gasteiger partial charge in [-0.25, -0.2) is 19.7 Å². The highest BCUT2D eigenvalue weighted by molar-refractivity contribution is 7.17. The molecule has 1 aromatic carbocycles. The number of nitrogens with zero attached hydrogens (tertiary/aromatic N) is 5. The third-order valence-electron chi connectivity index (χ3n) is 7.04. The van der Waals surface area contributed by atoms with Crippen molar-refractivity contribution in [3.63, 3.8) is 0 Å². The Morgan fingerprint density at radius 3 is 2.56 bits per heavy atom. The maximum Gasteiger partial charge on any atom is 0.408 e. The number of benzene rings is 1. The van der Waals surface area contributed by atoms with Gasteiger partial charge in [-0.05, 0) is 44.9 Å². The fourth-order valence-corrected chi connectivity index (χ4v) is 5.81. The molecule has 3 aromatic rings. The number of carbonyl (C=O) groups is 3. The highest BCUT2D eigenvalue weighted by Crippen LogP contribution is 2.32. The molecular formula is C29H37ClN8O6S. The first-order chi connectivity index (χ1) is 21.3. The van der Waals surface area contributed by atoms with Crippen LogP contribution in [0.15, 0.2) is 24.4 Å². The van der Waals surface area contributed by atoms with Crippen LogP contribution in [0.2, 0.25) is 5.02 Å². The minimum atomic E-state index is -1.18. The van der Waals surface area contributed by atoms with Crippen LogP contribution in [0.3, 0.4) is 0 Å². The second-order valence-corrected chi connectivity index (χ2v) is 12.5. The summed E-state index contributed by atoms with van der Waals surface area (Å²) in [6.07, 6.45) is 0.909. The molecule has 4 rings (SSSR count). The van der Waals surface area contributed by atoms with Gasteiger partial charge in [0.15, 0.2) is 5.13 Å². The summed E-state index contributed by atoms with van der Waals surface area (Å²) >= 11 is 7.63. The number of piperazine rings is 1. The monoisotopic (exact) mass is 660 g/mol. The minimum absolute atomic E-state index is 0.140. The molecule has 16 heteroatoms. The van der Waals surface area contributed by atoms with Crippen molar-refractivity contribution in [3.05, 3.63) is 51.2 Å². The summed E-state index contributed by atoms with van der Waals surface area (Å²) in [6.45, 7) is 10.5. The topological polar surface area (TPSA) is 182 Å². The number of alkyl carbamates (subject to hydrolysis) is 1. The van der Waals surface area contributed by atoms with Crippen LogP contribution >= 0.6 is 22.9 Å². The fraction of sp³-hybridized carbons (Fsp3) is 0.448. The van der Waals surface area contributed by atoms with Gasteiger partial charge in [-0.3, -0.25) is 14.5 Å². The molecule has 0 bridgehead atoms. The zero-order valence-electron chi connectivity index (χ0n) is 25.5. The summed E-state index contributed by atoms with van der Waals surface area (Å²) in [5.74, 6) is 0.377. The number of ether oxygens (including phenoxy) is 1. The summed E-state index contributed by atoms with van der Waals surface area (Å²) in [6, 6.07) is 5.29. The average Bonchev–Trinajstić information content (AvgIpc) is 3.44. The number of hydrogen-bond donors (Lipinski definition) is 5. The van der Waals surface area contributed by atoms with Crippen LogP contribution in [0.5, 0.6) is 0 Å². The molecule has 0 saturated carbocycles. The van der Waals surface area contributed by atoms with Crippen LogP contribution < -0.4 is 20.9 Å². The molecule has 14 nitrogen and oxygen atoms in total. The number of nitrogens with one attached hydrogen (secondary N) is 3. The average molecular weight is 661 g/mol. The van der Waals surface area contributed by atoms with E-state index in [9.17, 15) is 19.5 Å². The number of aliphatic carboxylic acids is 1. The van der Waals surface area contributed by atoms with Gasteiger partial charge in [0, 0.05) is 45.2 Å². The molecule has 0 spiro atoms. The van der Waals surface area contributed by atoms with E-state index in [0.717, 1.165) is 48.9 Å². The van der Waals surface area contributed by atoms with E-state index in [1.54, 1.807) is 32.9 Å². The number of aryl methyl sites for hydroxylation is 1. The number of amides is 2. The van der Waals surface area contributed by atoms with Crippen molar-refractivity contribution in [3.8, 4) is 0 Å². The number of carboxylic acids is 1. The second-order valence-electron chi connectivity index (χ2n) is 11.1. The number of β-amino-alcohol motifs (C(OH)–C–C–N with tert-alkyl or cyclic N) is 1. The number of halogens is 1. The SMILES string of the molecule is Cc1nc(Nc2ncc(C(=O)Nc3c(Cl)ccc(CC(C)(C)OC(=O)NCC(=O)O)c3C)s2)cc(N2CCN(CCO)CC2)n1. The predicted octanol–water partition coefficient (Wildman–Crippen LogP) is 3.45. The number of carboxylic acid groups (broad SMARTS) is 1. The zero-order valence-corrected chi connectivity index (χ0v) is 27.1. The summed E-state index contributed by atoms with van der Waals surface area (Å²) < 4.78 is 5.41. The number of aromatic nitrogens is 3. The van der Waals surface area contributed by atoms with Gasteiger partial charge in [0.1, 0.15) is 34.5 Å². The number of thiazole rings is 1. The lowest BCUT2D eigenvalue weighted by Crippen LogP contribution is -2.47. The van der Waals surface area contributed by atoms with Gasteiger partial charge >= 0.3 is 12.1 Å². The summed E-state index contributed by atoms with van der Waals surface area (Å²) in [5.41, 5.74) is 0.918. The van der Waals surface area contributed by atoms with Crippen LogP contribution in [-0.4, -0.2) is 99.5 Å². The van der Waals surface area contributed by atoms with Gasteiger partial charge in [0.05, 0.1) is 23.5 Å². The van der Waals surface area contributed by atoms with Gasteiger partial charge < -0.3 is 35.8 Å². The van der Waals surface area contributed by atoms with E-state index in [4.69, 9.17) is 21.4 Å². The van der Waals surface area contributed by atoms with Crippen molar-refractivity contribution < 1.29 is 29.3 Å². The quantitative estimate of drug-likeness (QED) is 0.191. The lowest BCUT2D eigenvalue weighted by Gasteiger charge is -2.35. The van der Waals surface area contributed by atoms with E-state index in [2.05, 4.69) is 40.7 Å². The maximum atomic E-state index is 13.2. The van der Waals surface area contributed by atoms with Crippen molar-refractivity contribution in [1.29, 1.82) is 0 Å². The molecule has 0 radical (unpaired) electrons. The van der Waals surface area contributed by atoms with Crippen LogP contribution in [0.4, 0.5) is 27.2 Å². The Bertz CT molecular complexity index is 1540. The molecule has 1 saturated heterocycles. The van der Waals surface area contributed by atoms with Gasteiger partial charge in [0.25, 0.3) is 5.91 Å². The molecule has 2 amide bonds. The van der Waals surface area contributed by atoms with E-state index in [1.807, 2.05) is 13.0 Å². The second kappa shape index (κ2) is 14.8. The minimum Gasteiger partial charge on any atom is -0.480 e. The molecule has 0 unspecified atom stereocenters. The molecule has 1 fully saturated rings. The number of aliphatic hydroxyl groups is 1. The summed E-state index contributed by atoms with van der Waals surface area (Å²) in [5, 5.41) is 27.0. The number of rotatable bonds is 12. The molecular weight excluding hydrogens is 624 g/mol. The Balaban J connectivity index is 1.41. The van der Waals surface area contributed by atoms with Crippen LogP contribution in [0.25, 0.3) is 0 Å². The smallest absolute Gasteiger partial charge is 0.408 e. The highest BCUT2D eigenvalue weighted by Gasteiger charge is 2.26. The van der Waals surface area contributed by atoms with E-state index < -0.39 is 30.1 Å². The molecule has 2 aromatic heterocycles. The molecule has 45 heavy (non-hydrogen) atoms. The number of hydrogen-bond acceptors (Lipinski definition) is 12. The Labute approximate surface area is 269 Å². The molecule has 242 valence electrons. The fourth-order valence-electron chi connectivity index (χ4n) is 4.84. The van der Waals surface area contributed by atoms with Gasteiger partial charge in [-0.2, -0.15) is 0 Å². The van der Waals surface area contributed by atoms with Crippen LogP contribution in [0, 0.1) is 13.8 Å². The molecule has 1 aliphatic rings. The Morgan fingerprint density at radius 2 is 1.87 bits per heavy atom. The van der Waals surface area contributed by atoms with E-state index >= 15 is 0 Å². The van der Waals surface area contributed by atoms with E-state index in [1.165, 1.54) is 6.20 Å². The molecule has 5 N–H and O–H groups in total. The molecule has 1 aliphatic heterocycles. The number of carbonyl (C=O) groups excluding carboxylic acids is 2. The number of anilines is 4. The van der Waals surface area contributed by atoms with Crippen molar-refractivity contribution in [2.75, 3.05) is 61.4 Å². The van der Waals surface area contributed by atoms with Crippen molar-refractivity contribution >= 4 is 63.4 Å². The number of aliphatic hydroxyl groups excluding tert-OH is 1. The standard InChI is InChI=1S/C29H37ClN8O6S/c1-17-19(14-29(3,4)44-28(43)32-16-24(40)41)5-6-20(30)25(17)36-26(42)21-15-31-27(45-21)35-22-13-23(34-18(2)33-22)38-9-7-37(8-10-38)11-12-39/h5-6,13,15,39H,7-12,14,16H2,1-4H3,(H,32,43)(H,36,42)(H,40,41)(H,31,33,34,35). The summed E-state index contributed by atoms with van der Waals surface area (Å²) in [7, 11) is 0. The Hall–Kier alpha value is -4.05. The predicted molar refractivity (Wildman–Crippen MR) is 172 cm³/mol. The lowest BCUT2D eigenvalue weighted by molar-refractivity contribution is -0.136. The van der Waals surface area contributed by atoms with Gasteiger partial charge in [-0.15, -0.1) is 0 Å². The van der Waals surface area contributed by atoms with Crippen LogP contribution in [0.1, 0.15) is 40.5 Å². The highest BCUT2D eigenvalue weighted by atomic mass is 35.5. The first kappa shape index (κ1) is 33.8. The third kappa shape index (κ3) is 9.47. The van der Waals surface area contributed by atoms with Crippen molar-refractivity contribution in [2.45, 2.75) is 39.7 Å². The zero-order chi connectivity index (χ0) is 32.7. The molecule has 3 heterocycles. The van der Waals surface area contributed by atoms with Crippen LogP contribution in [-0.2, 0) is 16.0 Å². The first-order valence-corrected chi connectivity index (χ1v) is 15.5. The van der Waals surface area contributed by atoms with Crippen molar-refractivity contribution in [2.24, 2.45) is 0 Å². The Morgan fingerprint density at radius 1 is 1.13 bits per heavy atom. The lowest BCUT2D eigenvalue weighted by atomic mass is 9.94. The maximum absolute atomic E-state index is 13.2. The van der Waals surface area contributed by atoms with Gasteiger partial charge in [-0.1, -0.05) is 29.0 Å². The third-order valence-corrected chi connectivity index (χ3v) is 8.26. The van der Waals surface area contributed by atoms with Crippen molar-refractivity contribution in [1.82, 2.24) is 25.2 Å². The van der Waals surface area contributed by atoms with E-state index in [-0.39, 0.29) is 13.0 Å². The first-order valence-electron chi connectivity index (χ1n) is 14.3. The molecule has 0 atom stereocenters. The largest absolute Gasteiger partial charge is 0.480 e.